The molecule has 1 aromatic carbocycles. The van der Waals surface area contributed by atoms with E-state index in [9.17, 15) is 8.78 Å². The van der Waals surface area contributed by atoms with Crippen LogP contribution in [0.1, 0.15) is 44.2 Å². The Morgan fingerprint density at radius 1 is 1.29 bits per heavy atom. The monoisotopic (exact) mass is 295 g/mol. The molecule has 4 atom stereocenters. The van der Waals surface area contributed by atoms with Gasteiger partial charge in [0.25, 0.3) is 0 Å². The van der Waals surface area contributed by atoms with Crippen molar-refractivity contribution in [2.45, 2.75) is 45.3 Å². The Balaban J connectivity index is 1.54. The molecule has 0 saturated heterocycles. The van der Waals surface area contributed by atoms with E-state index in [0.29, 0.717) is 0 Å². The van der Waals surface area contributed by atoms with E-state index in [1.54, 1.807) is 18.2 Å². The fourth-order valence-electron chi connectivity index (χ4n) is 4.03. The smallest absolute Gasteiger partial charge is 0.387 e. The topological polar surface area (TPSA) is 21.3 Å². The molecule has 2 aliphatic rings. The predicted octanol–water partition coefficient (Wildman–Crippen LogP) is 4.37. The lowest BCUT2D eigenvalue weighted by atomic mass is 9.88. The van der Waals surface area contributed by atoms with Crippen molar-refractivity contribution in [1.29, 1.82) is 0 Å². The fourth-order valence-corrected chi connectivity index (χ4v) is 4.03. The molecule has 2 saturated carbocycles. The largest absolute Gasteiger partial charge is 0.435 e. The van der Waals surface area contributed by atoms with Crippen LogP contribution in [0.15, 0.2) is 24.3 Å². The molecule has 0 radical (unpaired) electrons. The number of hydrogen-bond donors (Lipinski definition) is 1. The first-order chi connectivity index (χ1) is 10.1. The van der Waals surface area contributed by atoms with Crippen molar-refractivity contribution >= 4 is 0 Å². The van der Waals surface area contributed by atoms with Crippen molar-refractivity contribution < 1.29 is 13.5 Å². The number of fused-ring (bicyclic) bond motifs is 2. The van der Waals surface area contributed by atoms with Crippen molar-refractivity contribution in [3.63, 3.8) is 0 Å². The van der Waals surface area contributed by atoms with Crippen LogP contribution in [-0.4, -0.2) is 13.2 Å². The summed E-state index contributed by atoms with van der Waals surface area (Å²) in [5.74, 6) is 2.89. The number of rotatable bonds is 6. The zero-order chi connectivity index (χ0) is 14.8. The van der Waals surface area contributed by atoms with Gasteiger partial charge in [-0.15, -0.1) is 0 Å². The predicted molar refractivity (Wildman–Crippen MR) is 78.4 cm³/mol. The van der Waals surface area contributed by atoms with E-state index >= 15 is 0 Å². The minimum Gasteiger partial charge on any atom is -0.435 e. The highest BCUT2D eigenvalue weighted by molar-refractivity contribution is 5.30. The number of hydrogen-bond acceptors (Lipinski definition) is 2. The highest BCUT2D eigenvalue weighted by Crippen LogP contribution is 2.48. The van der Waals surface area contributed by atoms with Crippen LogP contribution in [0.4, 0.5) is 8.78 Å². The van der Waals surface area contributed by atoms with Crippen molar-refractivity contribution in [3.8, 4) is 5.75 Å². The summed E-state index contributed by atoms with van der Waals surface area (Å²) in [6.07, 6.45) is 5.59. The number of halogens is 2. The Labute approximate surface area is 124 Å². The van der Waals surface area contributed by atoms with E-state index in [0.717, 1.165) is 29.9 Å². The third-order valence-corrected chi connectivity index (χ3v) is 5.15. The molecule has 0 amide bonds. The molecule has 2 aliphatic carbocycles. The van der Waals surface area contributed by atoms with Gasteiger partial charge in [-0.3, -0.25) is 0 Å². The lowest BCUT2D eigenvalue weighted by Gasteiger charge is -2.24. The summed E-state index contributed by atoms with van der Waals surface area (Å²) in [6.45, 7) is 0.342. The van der Waals surface area contributed by atoms with E-state index < -0.39 is 6.61 Å². The summed E-state index contributed by atoms with van der Waals surface area (Å²) < 4.78 is 29.0. The minimum atomic E-state index is -2.77. The zero-order valence-electron chi connectivity index (χ0n) is 12.4. The van der Waals surface area contributed by atoms with Crippen LogP contribution in [0.2, 0.25) is 0 Å². The number of nitrogens with one attached hydrogen (secondary N) is 1. The summed E-state index contributed by atoms with van der Waals surface area (Å²) in [6, 6.07) is 7.15. The van der Waals surface area contributed by atoms with E-state index in [1.807, 2.05) is 6.07 Å². The van der Waals surface area contributed by atoms with Gasteiger partial charge in [0.1, 0.15) is 5.75 Å². The van der Waals surface area contributed by atoms with Crippen molar-refractivity contribution in [3.05, 3.63) is 29.8 Å². The van der Waals surface area contributed by atoms with E-state index in [-0.39, 0.29) is 11.8 Å². The number of ether oxygens (including phenoxy) is 1. The van der Waals surface area contributed by atoms with Crippen LogP contribution >= 0.6 is 0 Å². The maximum Gasteiger partial charge on any atom is 0.387 e. The Bertz CT molecular complexity index is 480. The minimum absolute atomic E-state index is 0.158. The molecule has 0 heterocycles. The highest BCUT2D eigenvalue weighted by Gasteiger charge is 2.39. The maximum absolute atomic E-state index is 12.3. The summed E-state index contributed by atoms with van der Waals surface area (Å²) in [7, 11) is 0. The molecule has 0 aromatic heterocycles. The van der Waals surface area contributed by atoms with E-state index in [1.165, 1.54) is 25.7 Å². The lowest BCUT2D eigenvalue weighted by molar-refractivity contribution is -0.0499. The Kier molecular flexibility index (Phi) is 4.43. The second kappa shape index (κ2) is 6.30. The molecule has 3 rings (SSSR count). The molecule has 2 bridgehead atoms. The average Bonchev–Trinajstić information content (AvgIpc) is 3.06. The first kappa shape index (κ1) is 14.8. The van der Waals surface area contributed by atoms with Gasteiger partial charge in [-0.05, 0) is 68.2 Å². The Hall–Kier alpha value is -1.16. The molecule has 4 heteroatoms. The van der Waals surface area contributed by atoms with Gasteiger partial charge >= 0.3 is 6.61 Å². The molecule has 2 fully saturated rings. The van der Waals surface area contributed by atoms with Gasteiger partial charge < -0.3 is 10.1 Å². The second-order valence-electron chi connectivity index (χ2n) is 6.52. The van der Waals surface area contributed by atoms with Gasteiger partial charge in [-0.25, -0.2) is 0 Å². The Morgan fingerprint density at radius 3 is 2.81 bits per heavy atom. The number of benzene rings is 1. The van der Waals surface area contributed by atoms with Gasteiger partial charge in [-0.2, -0.15) is 8.78 Å². The maximum atomic E-state index is 12.3. The molecule has 1 N–H and O–H groups in total. The van der Waals surface area contributed by atoms with Gasteiger partial charge in [0.15, 0.2) is 0 Å². The van der Waals surface area contributed by atoms with Crippen LogP contribution < -0.4 is 10.1 Å². The van der Waals surface area contributed by atoms with Crippen LogP contribution in [0.25, 0.3) is 0 Å². The lowest BCUT2D eigenvalue weighted by Crippen LogP contribution is -2.28. The van der Waals surface area contributed by atoms with Crippen molar-refractivity contribution in [1.82, 2.24) is 5.32 Å². The van der Waals surface area contributed by atoms with E-state index in [2.05, 4.69) is 17.0 Å². The normalized spacial score (nSPS) is 29.0. The summed E-state index contributed by atoms with van der Waals surface area (Å²) in [5, 5.41) is 3.56. The van der Waals surface area contributed by atoms with Crippen LogP contribution in [0.5, 0.6) is 5.75 Å². The third-order valence-electron chi connectivity index (χ3n) is 5.15. The van der Waals surface area contributed by atoms with Crippen LogP contribution in [-0.2, 0) is 0 Å². The van der Waals surface area contributed by atoms with Crippen LogP contribution in [0, 0.1) is 17.8 Å². The standard InChI is InChI=1S/C17H23F2NO/c1-11(13-3-2-4-16(9-13)21-17(18)19)20-10-15-8-12-5-6-14(15)7-12/h2-4,9,11-12,14-15,17,20H,5-8,10H2,1H3. The molecule has 4 unspecified atom stereocenters. The average molecular weight is 295 g/mol. The second-order valence-corrected chi connectivity index (χ2v) is 6.52. The molecule has 2 nitrogen and oxygen atoms in total. The molecule has 0 spiro atoms. The Morgan fingerprint density at radius 2 is 2.14 bits per heavy atom. The summed E-state index contributed by atoms with van der Waals surface area (Å²) in [4.78, 5) is 0. The van der Waals surface area contributed by atoms with Crippen LogP contribution in [0.3, 0.4) is 0 Å². The first-order valence-corrected chi connectivity index (χ1v) is 7.90. The summed E-state index contributed by atoms with van der Waals surface area (Å²) >= 11 is 0. The quantitative estimate of drug-likeness (QED) is 0.841. The molecular weight excluding hydrogens is 272 g/mol. The first-order valence-electron chi connectivity index (χ1n) is 7.90. The fraction of sp³-hybridized carbons (Fsp3) is 0.647. The van der Waals surface area contributed by atoms with Gasteiger partial charge in [0.05, 0.1) is 0 Å². The molecule has 0 aliphatic heterocycles. The van der Waals surface area contributed by atoms with Gasteiger partial charge in [0.2, 0.25) is 0 Å². The zero-order valence-corrected chi connectivity index (χ0v) is 12.4. The molecule has 1 aromatic rings. The van der Waals surface area contributed by atoms with E-state index in [4.69, 9.17) is 0 Å². The SMILES string of the molecule is CC(NCC1CC2CCC1C2)c1cccc(OC(F)F)c1. The van der Waals surface area contributed by atoms with Gasteiger partial charge in [0, 0.05) is 6.04 Å². The molecular formula is C17H23F2NO. The summed E-state index contributed by atoms with van der Waals surface area (Å²) in [5.41, 5.74) is 0.997. The van der Waals surface area contributed by atoms with Crippen molar-refractivity contribution in [2.75, 3.05) is 6.54 Å². The van der Waals surface area contributed by atoms with Crippen molar-refractivity contribution in [2.24, 2.45) is 17.8 Å². The highest BCUT2D eigenvalue weighted by atomic mass is 19.3. The third kappa shape index (κ3) is 3.54. The molecule has 21 heavy (non-hydrogen) atoms. The molecule has 116 valence electrons. The van der Waals surface area contributed by atoms with Gasteiger partial charge in [-0.1, -0.05) is 18.6 Å². The number of alkyl halides is 2.